The first kappa shape index (κ1) is 22.6. The summed E-state index contributed by atoms with van der Waals surface area (Å²) in [7, 11) is 0. The van der Waals surface area contributed by atoms with E-state index in [0.29, 0.717) is 11.2 Å². The summed E-state index contributed by atoms with van der Waals surface area (Å²) in [6.07, 6.45) is -1.86. The Morgan fingerprint density at radius 3 is 2.70 bits per heavy atom. The second-order valence-electron chi connectivity index (χ2n) is 7.70. The van der Waals surface area contributed by atoms with Gasteiger partial charge in [-0.25, -0.2) is 19.7 Å². The number of nitrogen functional groups attached to an aromatic ring is 1. The number of nitrogens with two attached hydrogens (primary N) is 1. The molecule has 3 heterocycles. The predicted molar refractivity (Wildman–Crippen MR) is 114 cm³/mol. The van der Waals surface area contributed by atoms with Crippen molar-refractivity contribution in [1.29, 1.82) is 0 Å². The van der Waals surface area contributed by atoms with E-state index in [4.69, 9.17) is 15.2 Å². The van der Waals surface area contributed by atoms with Gasteiger partial charge in [0, 0.05) is 13.3 Å². The fourth-order valence-electron chi connectivity index (χ4n) is 3.71. The van der Waals surface area contributed by atoms with Crippen LogP contribution >= 0.6 is 0 Å². The average molecular weight is 456 g/mol. The summed E-state index contributed by atoms with van der Waals surface area (Å²) in [5.41, 5.74) is 7.29. The van der Waals surface area contributed by atoms with Crippen molar-refractivity contribution in [3.8, 4) is 0 Å². The van der Waals surface area contributed by atoms with E-state index in [-0.39, 0.29) is 24.8 Å². The third-order valence-corrected chi connectivity index (χ3v) is 5.33. The van der Waals surface area contributed by atoms with Crippen molar-refractivity contribution < 1.29 is 29.3 Å². The molecule has 1 fully saturated rings. The molecule has 1 aliphatic rings. The molecular formula is C21H24N6O6. The third-order valence-electron chi connectivity index (χ3n) is 5.33. The number of esters is 1. The Balaban J connectivity index is 1.43. The standard InChI is InChI=1S/C21H24N6O6/c1-11(28)26-13(7-12-5-3-2-4-6-12)21(31)32-8-14-16(29)17(30)20(33-14)27-10-25-15-18(22)23-9-24-19(15)27/h2-6,9-10,13-14,16-17,20,29-30H,7-8H2,1H3,(H,26,28)(H2,22,23,24)/t13-,14+,16+,17+,20+/m0/s1. The van der Waals surface area contributed by atoms with Crippen LogP contribution in [0.3, 0.4) is 0 Å². The summed E-state index contributed by atoms with van der Waals surface area (Å²) in [4.78, 5) is 36.3. The molecule has 0 radical (unpaired) electrons. The van der Waals surface area contributed by atoms with Crippen molar-refractivity contribution in [2.45, 2.75) is 43.9 Å². The van der Waals surface area contributed by atoms with Gasteiger partial charge in [0.05, 0.1) is 6.33 Å². The number of carbonyl (C=O) groups is 2. The molecule has 1 amide bonds. The van der Waals surface area contributed by atoms with E-state index in [0.717, 1.165) is 5.56 Å². The number of aliphatic hydroxyl groups excluding tert-OH is 2. The smallest absolute Gasteiger partial charge is 0.329 e. The number of nitrogens with one attached hydrogen (secondary N) is 1. The van der Waals surface area contributed by atoms with Crippen LogP contribution in [-0.2, 0) is 25.5 Å². The van der Waals surface area contributed by atoms with E-state index in [1.807, 2.05) is 30.3 Å². The number of imidazole rings is 1. The summed E-state index contributed by atoms with van der Waals surface area (Å²) in [5.74, 6) is -0.898. The molecule has 1 aliphatic heterocycles. The minimum absolute atomic E-state index is 0.166. The molecule has 0 bridgehead atoms. The Kier molecular flexibility index (Phi) is 6.49. The van der Waals surface area contributed by atoms with E-state index < -0.39 is 36.6 Å². The van der Waals surface area contributed by atoms with Gasteiger partial charge < -0.3 is 30.7 Å². The monoisotopic (exact) mass is 456 g/mol. The van der Waals surface area contributed by atoms with Crippen molar-refractivity contribution in [2.75, 3.05) is 12.3 Å². The molecule has 174 valence electrons. The van der Waals surface area contributed by atoms with Crippen molar-refractivity contribution >= 4 is 28.9 Å². The fourth-order valence-corrected chi connectivity index (χ4v) is 3.71. The molecule has 3 aromatic rings. The van der Waals surface area contributed by atoms with Crippen LogP contribution in [0.4, 0.5) is 5.82 Å². The second kappa shape index (κ2) is 9.48. The van der Waals surface area contributed by atoms with E-state index >= 15 is 0 Å². The molecule has 5 atom stereocenters. The first-order valence-corrected chi connectivity index (χ1v) is 10.3. The lowest BCUT2D eigenvalue weighted by molar-refractivity contribution is -0.153. The Morgan fingerprint density at radius 1 is 1.21 bits per heavy atom. The topological polar surface area (TPSA) is 175 Å². The zero-order valence-electron chi connectivity index (χ0n) is 17.7. The van der Waals surface area contributed by atoms with Gasteiger partial charge >= 0.3 is 5.97 Å². The van der Waals surface area contributed by atoms with Gasteiger partial charge in [-0.15, -0.1) is 0 Å². The van der Waals surface area contributed by atoms with Gasteiger partial charge in [-0.2, -0.15) is 0 Å². The van der Waals surface area contributed by atoms with Crippen molar-refractivity contribution in [3.63, 3.8) is 0 Å². The maximum Gasteiger partial charge on any atom is 0.329 e. The van der Waals surface area contributed by atoms with Gasteiger partial charge in [-0.05, 0) is 5.56 Å². The molecule has 33 heavy (non-hydrogen) atoms. The van der Waals surface area contributed by atoms with Crippen LogP contribution in [0.15, 0.2) is 43.0 Å². The number of aromatic nitrogens is 4. The number of nitrogens with zero attached hydrogens (tertiary/aromatic N) is 4. The first-order chi connectivity index (χ1) is 15.8. The minimum Gasteiger partial charge on any atom is -0.461 e. The largest absolute Gasteiger partial charge is 0.461 e. The zero-order chi connectivity index (χ0) is 23.5. The summed E-state index contributed by atoms with van der Waals surface area (Å²) in [5, 5.41) is 23.6. The molecule has 0 saturated carbocycles. The summed E-state index contributed by atoms with van der Waals surface area (Å²) >= 11 is 0. The Labute approximate surface area is 188 Å². The number of rotatable bonds is 7. The van der Waals surface area contributed by atoms with Crippen LogP contribution in [0, 0.1) is 0 Å². The fraction of sp³-hybridized carbons (Fsp3) is 0.381. The van der Waals surface area contributed by atoms with Crippen LogP contribution in [0.1, 0.15) is 18.7 Å². The Bertz CT molecular complexity index is 1140. The maximum absolute atomic E-state index is 12.7. The Hall–Kier alpha value is -3.61. The van der Waals surface area contributed by atoms with Crippen molar-refractivity contribution in [1.82, 2.24) is 24.8 Å². The van der Waals surface area contributed by atoms with Gasteiger partial charge in [0.1, 0.15) is 42.8 Å². The van der Waals surface area contributed by atoms with E-state index in [1.165, 1.54) is 24.1 Å². The van der Waals surface area contributed by atoms with E-state index in [9.17, 15) is 19.8 Å². The molecule has 12 heteroatoms. The maximum atomic E-state index is 12.7. The molecule has 1 aromatic carbocycles. The number of benzene rings is 1. The highest BCUT2D eigenvalue weighted by atomic mass is 16.6. The molecule has 4 rings (SSSR count). The van der Waals surface area contributed by atoms with Gasteiger partial charge in [0.2, 0.25) is 5.91 Å². The quantitative estimate of drug-likeness (QED) is 0.333. The predicted octanol–water partition coefficient (Wildman–Crippen LogP) is -0.682. The lowest BCUT2D eigenvalue weighted by Crippen LogP contribution is -2.44. The van der Waals surface area contributed by atoms with Gasteiger partial charge in [0.15, 0.2) is 17.7 Å². The van der Waals surface area contributed by atoms with Crippen LogP contribution < -0.4 is 11.1 Å². The highest BCUT2D eigenvalue weighted by Gasteiger charge is 2.45. The van der Waals surface area contributed by atoms with E-state index in [2.05, 4.69) is 20.3 Å². The molecule has 0 spiro atoms. The number of aliphatic hydroxyl groups is 2. The number of fused-ring (bicyclic) bond motifs is 1. The second-order valence-corrected chi connectivity index (χ2v) is 7.70. The number of hydrogen-bond donors (Lipinski definition) is 4. The molecule has 12 nitrogen and oxygen atoms in total. The molecule has 1 saturated heterocycles. The molecule has 2 aromatic heterocycles. The van der Waals surface area contributed by atoms with E-state index in [1.54, 1.807) is 0 Å². The van der Waals surface area contributed by atoms with Gasteiger partial charge in [0.25, 0.3) is 0 Å². The molecule has 0 aliphatic carbocycles. The lowest BCUT2D eigenvalue weighted by Gasteiger charge is -2.19. The summed E-state index contributed by atoms with van der Waals surface area (Å²) in [6, 6.07) is 8.25. The summed E-state index contributed by atoms with van der Waals surface area (Å²) in [6.45, 7) is 0.976. The molecule has 5 N–H and O–H groups in total. The number of anilines is 1. The summed E-state index contributed by atoms with van der Waals surface area (Å²) < 4.78 is 12.5. The zero-order valence-corrected chi connectivity index (χ0v) is 17.7. The van der Waals surface area contributed by atoms with Gasteiger partial charge in [-0.3, -0.25) is 9.36 Å². The van der Waals surface area contributed by atoms with Crippen LogP contribution in [0.25, 0.3) is 11.2 Å². The lowest BCUT2D eigenvalue weighted by atomic mass is 10.1. The Morgan fingerprint density at radius 2 is 1.97 bits per heavy atom. The number of ether oxygens (including phenoxy) is 2. The minimum atomic E-state index is -1.34. The van der Waals surface area contributed by atoms with Crippen LogP contribution in [-0.4, -0.2) is 72.6 Å². The molecular weight excluding hydrogens is 432 g/mol. The SMILES string of the molecule is CC(=O)N[C@@H](Cc1ccccc1)C(=O)OC[C@H]1O[C@@H](n2cnc3c(N)ncnc32)[C@H](O)[C@@H]1O. The normalized spacial score (nSPS) is 23.4. The first-order valence-electron chi connectivity index (χ1n) is 10.3. The van der Waals surface area contributed by atoms with Crippen molar-refractivity contribution in [3.05, 3.63) is 48.5 Å². The van der Waals surface area contributed by atoms with Crippen LogP contribution in [0.5, 0.6) is 0 Å². The highest BCUT2D eigenvalue weighted by molar-refractivity contribution is 5.83. The third kappa shape index (κ3) is 4.77. The van der Waals surface area contributed by atoms with Crippen LogP contribution in [0.2, 0.25) is 0 Å². The average Bonchev–Trinajstić information content (AvgIpc) is 3.34. The van der Waals surface area contributed by atoms with Gasteiger partial charge in [-0.1, -0.05) is 30.3 Å². The number of carbonyl (C=O) groups excluding carboxylic acids is 2. The highest BCUT2D eigenvalue weighted by Crippen LogP contribution is 2.32. The number of amides is 1. The van der Waals surface area contributed by atoms with Crippen molar-refractivity contribution in [2.24, 2.45) is 0 Å². The number of hydrogen-bond acceptors (Lipinski definition) is 10. The molecule has 0 unspecified atom stereocenters.